The fraction of sp³-hybridized carbons (Fsp3) is 0.400. The summed E-state index contributed by atoms with van der Waals surface area (Å²) in [4.78, 5) is 6.42. The molecule has 1 N–H and O–H groups in total. The minimum atomic E-state index is -0.611. The number of rotatable bonds is 0. The summed E-state index contributed by atoms with van der Waals surface area (Å²) in [7, 11) is -0.611. The molecule has 0 aliphatic heterocycles. The smallest absolute Gasteiger partial charge is 1.00 e. The molecule has 0 fully saturated rings. The molecule has 11 heteroatoms. The standard InChI is InChI=1S/C3H4N2.C2H6OS.4ClH.NO.Ru/c1-2-5-3-4-1;1-4(2)3;;;;;1-2;/h1-3H,(H,4,5);1-2H3;4*1H;;/q;;;;;;+1;+2/p-4. The predicted molar refractivity (Wildman–Crippen MR) is 41.0 cm³/mol. The van der Waals surface area contributed by atoms with Crippen molar-refractivity contribution in [2.24, 2.45) is 0 Å². The zero-order valence-corrected chi connectivity index (χ0v) is 13.8. The van der Waals surface area contributed by atoms with Crippen molar-refractivity contribution in [1.82, 2.24) is 9.97 Å². The molecule has 1 aromatic rings. The second kappa shape index (κ2) is 44.7. The van der Waals surface area contributed by atoms with E-state index in [1.165, 1.54) is 0 Å². The molecule has 1 heterocycles. The molecule has 1 rings (SSSR count). The Kier molecular flexibility index (Phi) is 122. The SMILES string of the molecule is CS(C)=O.N#[O+].[Cl-].[Cl-].[Cl-].[Cl-].[Ru+2].c1c[nH]cn1. The summed E-state index contributed by atoms with van der Waals surface area (Å²) in [5, 5.41) is 0. The first kappa shape index (κ1) is 43.7. The zero-order chi connectivity index (χ0) is 9.11. The molecule has 100 valence electrons. The van der Waals surface area contributed by atoms with Gasteiger partial charge in [-0.1, -0.05) is 0 Å². The van der Waals surface area contributed by atoms with Gasteiger partial charge in [0.1, 0.15) is 0 Å². The van der Waals surface area contributed by atoms with Crippen molar-refractivity contribution >= 4 is 10.8 Å². The van der Waals surface area contributed by atoms with Gasteiger partial charge in [0.05, 0.1) is 6.33 Å². The maximum absolute atomic E-state index is 9.56. The Morgan fingerprint density at radius 2 is 1.50 bits per heavy atom. The van der Waals surface area contributed by atoms with Crippen LogP contribution in [0.2, 0.25) is 0 Å². The van der Waals surface area contributed by atoms with E-state index in [2.05, 4.69) is 9.97 Å². The maximum atomic E-state index is 9.56. The fourth-order valence-corrected chi connectivity index (χ4v) is 0.215. The molecule has 16 heavy (non-hydrogen) atoms. The quantitative estimate of drug-likeness (QED) is 0.335. The molecule has 0 radical (unpaired) electrons. The van der Waals surface area contributed by atoms with Crippen LogP contribution < -0.4 is 49.6 Å². The van der Waals surface area contributed by atoms with Crippen molar-refractivity contribution in [2.75, 3.05) is 12.5 Å². The van der Waals surface area contributed by atoms with Crippen LogP contribution in [0, 0.1) is 5.46 Å². The van der Waals surface area contributed by atoms with E-state index in [0.717, 1.165) is 0 Å². The molecule has 0 saturated carbocycles. The number of imidazole rings is 1. The average molecular weight is 419 g/mol. The first-order chi connectivity index (χ1) is 5.23. The van der Waals surface area contributed by atoms with Gasteiger partial charge in [0.2, 0.25) is 0 Å². The monoisotopic (exact) mass is 418 g/mol. The molecule has 0 bridgehead atoms. The van der Waals surface area contributed by atoms with E-state index in [0.29, 0.717) is 0 Å². The van der Waals surface area contributed by atoms with Crippen molar-refractivity contribution < 1.29 is 78.1 Å². The summed E-state index contributed by atoms with van der Waals surface area (Å²) in [6, 6.07) is 0. The van der Waals surface area contributed by atoms with Gasteiger partial charge in [0.25, 0.3) is 0 Å². The topological polar surface area (TPSA) is 89.4 Å². The number of aromatic nitrogens is 2. The van der Waals surface area contributed by atoms with Crippen LogP contribution in [-0.2, 0) is 35.1 Å². The summed E-state index contributed by atoms with van der Waals surface area (Å²) >= 11 is 0. The van der Waals surface area contributed by atoms with Crippen molar-refractivity contribution in [2.45, 2.75) is 0 Å². The summed E-state index contributed by atoms with van der Waals surface area (Å²) in [6.45, 7) is 0. The minimum Gasteiger partial charge on any atom is -1.00 e. The van der Waals surface area contributed by atoms with Gasteiger partial charge in [-0.25, -0.2) is 4.98 Å². The van der Waals surface area contributed by atoms with E-state index < -0.39 is 10.8 Å². The third kappa shape index (κ3) is 83.6. The Morgan fingerprint density at radius 3 is 1.56 bits per heavy atom. The molecule has 0 aliphatic carbocycles. The zero-order valence-electron chi connectivity index (χ0n) is 8.22. The van der Waals surface area contributed by atoms with E-state index >= 15 is 0 Å². The molecule has 5 nitrogen and oxygen atoms in total. The Bertz CT molecular complexity index is 182. The molecule has 0 unspecified atom stereocenters. The van der Waals surface area contributed by atoms with Gasteiger partial charge in [0.15, 0.2) is 0 Å². The Labute approximate surface area is 135 Å². The molecule has 0 saturated heterocycles. The van der Waals surface area contributed by atoms with E-state index in [-0.39, 0.29) is 69.1 Å². The summed E-state index contributed by atoms with van der Waals surface area (Å²) < 4.78 is 16.8. The van der Waals surface area contributed by atoms with Crippen molar-refractivity contribution in [3.05, 3.63) is 18.7 Å². The minimum absolute atomic E-state index is 0. The number of nitrogens with zero attached hydrogens (tertiary/aromatic N) is 2. The van der Waals surface area contributed by atoms with E-state index in [1.54, 1.807) is 31.2 Å². The Morgan fingerprint density at radius 1 is 1.19 bits per heavy atom. The second-order valence-corrected chi connectivity index (χ2v) is 2.99. The largest absolute Gasteiger partial charge is 2.00 e. The molecule has 1 aromatic heterocycles. The number of aromatic amines is 1. The summed E-state index contributed by atoms with van der Waals surface area (Å²) in [5.41, 5.74) is 5.75. The van der Waals surface area contributed by atoms with Crippen LogP contribution in [0.3, 0.4) is 0 Å². The van der Waals surface area contributed by atoms with Gasteiger partial charge >= 0.3 is 29.7 Å². The molecule has 0 spiro atoms. The third-order valence-electron chi connectivity index (χ3n) is 0.406. The van der Waals surface area contributed by atoms with Crippen LogP contribution in [0.15, 0.2) is 18.7 Å². The molecular formula is C5H10Cl4N3O2RuS-. The Hall–Kier alpha value is 0.813. The molecule has 0 amide bonds. The predicted octanol–water partition coefficient (Wildman–Crippen LogP) is -11.7. The van der Waals surface area contributed by atoms with Gasteiger partial charge in [-0.2, -0.15) is 0 Å². The van der Waals surface area contributed by atoms with Crippen molar-refractivity contribution in [1.29, 1.82) is 5.46 Å². The van der Waals surface area contributed by atoms with Gasteiger partial charge in [-0.05, 0) is 0 Å². The van der Waals surface area contributed by atoms with E-state index in [9.17, 15) is 4.21 Å². The van der Waals surface area contributed by atoms with Gasteiger partial charge in [-0.15, -0.1) is 0 Å². The normalized spacial score (nSPS) is 4.81. The molecule has 0 aliphatic rings. The van der Waals surface area contributed by atoms with Crippen LogP contribution in [0.4, 0.5) is 0 Å². The molecular weight excluding hydrogens is 409 g/mol. The van der Waals surface area contributed by atoms with E-state index in [4.69, 9.17) is 10.2 Å². The van der Waals surface area contributed by atoms with Crippen molar-refractivity contribution in [3.8, 4) is 0 Å². The molecule has 0 atom stereocenters. The number of hydrogen-bond acceptors (Lipinski definition) is 3. The van der Waals surface area contributed by atoms with Crippen LogP contribution in [0.5, 0.6) is 0 Å². The maximum Gasteiger partial charge on any atom is 2.00 e. The van der Waals surface area contributed by atoms with Crippen molar-refractivity contribution in [3.63, 3.8) is 0 Å². The van der Waals surface area contributed by atoms with Crippen LogP contribution in [0.25, 0.3) is 0 Å². The Balaban J connectivity index is -0.0000000140. The summed E-state index contributed by atoms with van der Waals surface area (Å²) in [6.07, 6.45) is 8.36. The van der Waals surface area contributed by atoms with E-state index in [1.807, 2.05) is 0 Å². The van der Waals surface area contributed by atoms with Crippen LogP contribution in [-0.4, -0.2) is 26.7 Å². The number of H-pyrrole nitrogens is 1. The van der Waals surface area contributed by atoms with Gasteiger partial charge in [0, 0.05) is 35.7 Å². The second-order valence-electron chi connectivity index (χ2n) is 1.50. The average Bonchev–Trinajstić information content (AvgIpc) is 2.44. The number of hydrogen-bond donors (Lipinski definition) is 1. The van der Waals surface area contributed by atoms with Gasteiger partial charge < -0.3 is 54.6 Å². The first-order valence-corrected chi connectivity index (χ1v) is 4.56. The third-order valence-corrected chi connectivity index (χ3v) is 0.406. The van der Waals surface area contributed by atoms with Crippen LogP contribution >= 0.6 is 0 Å². The van der Waals surface area contributed by atoms with Crippen LogP contribution in [0.1, 0.15) is 0 Å². The fourth-order valence-electron chi connectivity index (χ4n) is 0.215. The van der Waals surface area contributed by atoms with Gasteiger partial charge in [-0.3, -0.25) is 4.21 Å². The summed E-state index contributed by atoms with van der Waals surface area (Å²) in [5.74, 6) is 0. The molecule has 0 aromatic carbocycles. The number of nitrogens with one attached hydrogen (secondary N) is 1. The first-order valence-electron chi connectivity index (χ1n) is 2.59. The number of halogens is 4.